The van der Waals surface area contributed by atoms with Crippen molar-refractivity contribution in [3.05, 3.63) is 35.1 Å². The lowest BCUT2D eigenvalue weighted by molar-refractivity contribution is 0.107. The number of carbonyl (C=O) groups is 1. The van der Waals surface area contributed by atoms with Crippen LogP contribution in [0.15, 0.2) is 18.2 Å². The lowest BCUT2D eigenvalue weighted by Crippen LogP contribution is -1.95. The maximum absolute atomic E-state index is 12.8. The Labute approximate surface area is 79.1 Å². The smallest absolute Gasteiger partial charge is 0.255 e. The third-order valence-electron chi connectivity index (χ3n) is 1.40. The molecule has 0 saturated heterocycles. The molecule has 0 aliphatic rings. The van der Waals surface area contributed by atoms with Crippen LogP contribution in [0.25, 0.3) is 0 Å². The zero-order chi connectivity index (χ0) is 9.14. The van der Waals surface area contributed by atoms with Crippen LogP contribution in [0.2, 0.25) is 0 Å². The van der Waals surface area contributed by atoms with Crippen molar-refractivity contribution in [3.63, 3.8) is 0 Å². The molecular formula is C8H5Cl2FO. The topological polar surface area (TPSA) is 17.1 Å². The van der Waals surface area contributed by atoms with E-state index in [0.29, 0.717) is 5.56 Å². The van der Waals surface area contributed by atoms with Gasteiger partial charge in [0.05, 0.1) is 5.56 Å². The fourth-order valence-electron chi connectivity index (χ4n) is 0.806. The van der Waals surface area contributed by atoms with Crippen LogP contribution < -0.4 is 0 Å². The summed E-state index contributed by atoms with van der Waals surface area (Å²) in [7, 11) is 0. The van der Waals surface area contributed by atoms with Crippen LogP contribution in [0.3, 0.4) is 0 Å². The molecule has 1 aromatic carbocycles. The zero-order valence-electron chi connectivity index (χ0n) is 5.98. The third-order valence-corrected chi connectivity index (χ3v) is 1.91. The van der Waals surface area contributed by atoms with Gasteiger partial charge in [-0.3, -0.25) is 4.79 Å². The predicted molar refractivity (Wildman–Crippen MR) is 46.1 cm³/mol. The van der Waals surface area contributed by atoms with Crippen molar-refractivity contribution in [1.82, 2.24) is 0 Å². The maximum atomic E-state index is 12.8. The number of benzene rings is 1. The lowest BCUT2D eigenvalue weighted by atomic mass is 10.1. The van der Waals surface area contributed by atoms with Gasteiger partial charge in [-0.2, -0.15) is 0 Å². The molecule has 64 valence electrons. The van der Waals surface area contributed by atoms with Crippen LogP contribution in [0.1, 0.15) is 15.9 Å². The van der Waals surface area contributed by atoms with E-state index in [0.717, 1.165) is 0 Å². The zero-order valence-corrected chi connectivity index (χ0v) is 7.49. The molecule has 1 rings (SSSR count). The molecule has 0 amide bonds. The largest absolute Gasteiger partial charge is 0.275 e. The molecule has 1 aromatic rings. The molecule has 4 heteroatoms. The normalized spacial score (nSPS) is 9.92. The van der Waals surface area contributed by atoms with Crippen LogP contribution >= 0.6 is 23.2 Å². The summed E-state index contributed by atoms with van der Waals surface area (Å²) in [6.07, 6.45) is 0. The summed E-state index contributed by atoms with van der Waals surface area (Å²) in [5.74, 6) is -0.388. The van der Waals surface area contributed by atoms with Crippen LogP contribution in [0, 0.1) is 5.82 Å². The first-order valence-electron chi connectivity index (χ1n) is 3.19. The van der Waals surface area contributed by atoms with Gasteiger partial charge in [-0.05, 0) is 29.3 Å². The minimum atomic E-state index is -0.806. The van der Waals surface area contributed by atoms with Gasteiger partial charge in [-0.15, -0.1) is 11.6 Å². The molecule has 0 bridgehead atoms. The first-order chi connectivity index (χ1) is 5.65. The molecule has 0 spiro atoms. The van der Waals surface area contributed by atoms with Crippen molar-refractivity contribution in [1.29, 1.82) is 0 Å². The number of alkyl halides is 1. The van der Waals surface area contributed by atoms with E-state index < -0.39 is 11.1 Å². The van der Waals surface area contributed by atoms with E-state index in [2.05, 4.69) is 0 Å². The Morgan fingerprint density at radius 3 is 2.67 bits per heavy atom. The molecule has 0 aliphatic heterocycles. The number of rotatable bonds is 2. The van der Waals surface area contributed by atoms with Gasteiger partial charge in [0.15, 0.2) is 0 Å². The molecule has 12 heavy (non-hydrogen) atoms. The van der Waals surface area contributed by atoms with Crippen molar-refractivity contribution < 1.29 is 9.18 Å². The minimum absolute atomic E-state index is 0.130. The number of halogens is 3. The van der Waals surface area contributed by atoms with Crippen molar-refractivity contribution in [3.8, 4) is 0 Å². The highest BCUT2D eigenvalue weighted by Gasteiger charge is 2.08. The maximum Gasteiger partial charge on any atom is 0.255 e. The molecule has 0 unspecified atom stereocenters. The van der Waals surface area contributed by atoms with Gasteiger partial charge in [0.1, 0.15) is 5.82 Å². The van der Waals surface area contributed by atoms with E-state index in [1.165, 1.54) is 18.2 Å². The fraction of sp³-hybridized carbons (Fsp3) is 0.125. The molecule has 0 radical (unpaired) electrons. The Bertz CT molecular complexity index is 312. The van der Waals surface area contributed by atoms with Gasteiger partial charge in [0, 0.05) is 5.88 Å². The molecule has 1 nitrogen and oxygen atoms in total. The molecule has 0 N–H and O–H groups in total. The SMILES string of the molecule is O=C(Cl)c1cc(CCl)ccc1F. The van der Waals surface area contributed by atoms with E-state index in [9.17, 15) is 9.18 Å². The molecule has 0 aromatic heterocycles. The summed E-state index contributed by atoms with van der Waals surface area (Å²) >= 11 is 10.6. The van der Waals surface area contributed by atoms with Gasteiger partial charge in [-0.25, -0.2) is 4.39 Å². The minimum Gasteiger partial charge on any atom is -0.275 e. The summed E-state index contributed by atoms with van der Waals surface area (Å²) in [6, 6.07) is 4.02. The fourth-order valence-corrected chi connectivity index (χ4v) is 1.12. The Balaban J connectivity index is 3.17. The summed E-state index contributed by atoms with van der Waals surface area (Å²) in [4.78, 5) is 10.6. The van der Waals surface area contributed by atoms with E-state index in [1.807, 2.05) is 0 Å². The average Bonchev–Trinajstić information content (AvgIpc) is 2.05. The Hall–Kier alpha value is -0.600. The van der Waals surface area contributed by atoms with E-state index in [1.54, 1.807) is 0 Å². The van der Waals surface area contributed by atoms with Crippen LogP contribution in [-0.2, 0) is 5.88 Å². The molecule has 0 saturated carbocycles. The molecule has 0 aliphatic carbocycles. The second-order valence-electron chi connectivity index (χ2n) is 2.22. The van der Waals surface area contributed by atoms with Crippen LogP contribution in [-0.4, -0.2) is 5.24 Å². The first kappa shape index (κ1) is 9.49. The highest BCUT2D eigenvalue weighted by atomic mass is 35.5. The first-order valence-corrected chi connectivity index (χ1v) is 4.10. The second kappa shape index (κ2) is 3.87. The van der Waals surface area contributed by atoms with Crippen molar-refractivity contribution in [2.45, 2.75) is 5.88 Å². The van der Waals surface area contributed by atoms with Crippen LogP contribution in [0.4, 0.5) is 4.39 Å². The number of hydrogen-bond donors (Lipinski definition) is 0. The molecule has 0 atom stereocenters. The number of hydrogen-bond acceptors (Lipinski definition) is 1. The van der Waals surface area contributed by atoms with Gasteiger partial charge >= 0.3 is 0 Å². The highest BCUT2D eigenvalue weighted by molar-refractivity contribution is 6.67. The number of carbonyl (C=O) groups excluding carboxylic acids is 1. The predicted octanol–water partition coefficient (Wildman–Crippen LogP) is 2.94. The van der Waals surface area contributed by atoms with Crippen molar-refractivity contribution in [2.75, 3.05) is 0 Å². The molecular weight excluding hydrogens is 202 g/mol. The molecule has 0 fully saturated rings. The second-order valence-corrected chi connectivity index (χ2v) is 2.83. The monoisotopic (exact) mass is 206 g/mol. The van der Waals surface area contributed by atoms with E-state index in [-0.39, 0.29) is 11.4 Å². The van der Waals surface area contributed by atoms with Gasteiger partial charge in [0.2, 0.25) is 0 Å². The Morgan fingerprint density at radius 1 is 1.50 bits per heavy atom. The summed E-state index contributed by atoms with van der Waals surface area (Å²) < 4.78 is 12.8. The quantitative estimate of drug-likeness (QED) is 0.538. The third kappa shape index (κ3) is 1.96. The standard InChI is InChI=1S/C8H5Cl2FO/c9-4-5-1-2-7(11)6(3-5)8(10)12/h1-3H,4H2. The van der Waals surface area contributed by atoms with Crippen molar-refractivity contribution >= 4 is 28.4 Å². The summed E-state index contributed by atoms with van der Waals surface area (Å²) in [6.45, 7) is 0. The van der Waals surface area contributed by atoms with E-state index >= 15 is 0 Å². The Kier molecular flexibility index (Phi) is 3.06. The summed E-state index contributed by atoms with van der Waals surface area (Å²) in [5, 5.41) is -0.806. The van der Waals surface area contributed by atoms with Crippen LogP contribution in [0.5, 0.6) is 0 Å². The summed E-state index contributed by atoms with van der Waals surface area (Å²) in [5.41, 5.74) is 0.539. The van der Waals surface area contributed by atoms with Gasteiger partial charge in [-0.1, -0.05) is 6.07 Å². The highest BCUT2D eigenvalue weighted by Crippen LogP contribution is 2.14. The van der Waals surface area contributed by atoms with Gasteiger partial charge in [0.25, 0.3) is 5.24 Å². The Morgan fingerprint density at radius 2 is 2.17 bits per heavy atom. The van der Waals surface area contributed by atoms with Crippen molar-refractivity contribution in [2.24, 2.45) is 0 Å². The average molecular weight is 207 g/mol. The van der Waals surface area contributed by atoms with Gasteiger partial charge < -0.3 is 0 Å². The lowest BCUT2D eigenvalue weighted by Gasteiger charge is -1.99. The molecule has 0 heterocycles. The van der Waals surface area contributed by atoms with E-state index in [4.69, 9.17) is 23.2 Å².